The van der Waals surface area contributed by atoms with Crippen LogP contribution < -0.4 is 4.90 Å². The summed E-state index contributed by atoms with van der Waals surface area (Å²) in [6.07, 6.45) is 9.60. The Morgan fingerprint density at radius 2 is 1.67 bits per heavy atom. The number of benzene rings is 2. The zero-order valence-corrected chi connectivity index (χ0v) is 20.4. The Morgan fingerprint density at radius 1 is 0.944 bits per heavy atom. The van der Waals surface area contributed by atoms with Crippen LogP contribution in [0.5, 0.6) is 0 Å². The summed E-state index contributed by atoms with van der Waals surface area (Å²) in [6.45, 7) is 3.60. The van der Waals surface area contributed by atoms with Gasteiger partial charge < -0.3 is 9.30 Å². The van der Waals surface area contributed by atoms with Gasteiger partial charge in [0.25, 0.3) is 0 Å². The predicted molar refractivity (Wildman–Crippen MR) is 135 cm³/mol. The number of para-hydroxylation sites is 1. The van der Waals surface area contributed by atoms with Crippen LogP contribution in [0.3, 0.4) is 0 Å². The number of rotatable bonds is 5. The van der Waals surface area contributed by atoms with Crippen LogP contribution in [-0.2, 0) is 20.9 Å². The molecule has 7 nitrogen and oxygen atoms in total. The van der Waals surface area contributed by atoms with E-state index in [1.165, 1.54) is 42.1 Å². The number of carbonyl (C=O) groups excluding carboxylic acids is 3. The molecular weight excluding hydrogens is 454 g/mol. The molecule has 2 saturated heterocycles. The van der Waals surface area contributed by atoms with Gasteiger partial charge in [0.1, 0.15) is 5.60 Å². The quantitative estimate of drug-likeness (QED) is 0.493. The van der Waals surface area contributed by atoms with Crippen LogP contribution in [0.2, 0.25) is 0 Å². The molecule has 7 rings (SSSR count). The summed E-state index contributed by atoms with van der Waals surface area (Å²) in [6, 6.07) is 17.6. The zero-order chi connectivity index (χ0) is 24.7. The van der Waals surface area contributed by atoms with Gasteiger partial charge >= 0.3 is 12.2 Å². The number of nitrogens with zero attached hydrogens (tertiary/aromatic N) is 3. The monoisotopic (exact) mass is 485 g/mol. The van der Waals surface area contributed by atoms with E-state index in [9.17, 15) is 4.79 Å². The zero-order valence-electron chi connectivity index (χ0n) is 20.4. The fraction of sp³-hybridized carbons (Fsp3) is 0.448. The Labute approximate surface area is 210 Å². The smallest absolute Gasteiger partial charge is 0.415 e. The third kappa shape index (κ3) is 4.34. The maximum absolute atomic E-state index is 12.6. The number of aromatic nitrogens is 1. The molecule has 36 heavy (non-hydrogen) atoms. The van der Waals surface area contributed by atoms with E-state index in [1.807, 2.05) is 30.3 Å². The van der Waals surface area contributed by atoms with Crippen molar-refractivity contribution in [2.24, 2.45) is 0 Å². The minimum atomic E-state index is -0.343. The van der Waals surface area contributed by atoms with Crippen molar-refractivity contribution in [3.63, 3.8) is 0 Å². The van der Waals surface area contributed by atoms with Crippen molar-refractivity contribution < 1.29 is 19.1 Å². The highest BCUT2D eigenvalue weighted by atomic mass is 16.6. The van der Waals surface area contributed by atoms with Crippen molar-refractivity contribution in [1.82, 2.24) is 9.47 Å². The largest absolute Gasteiger partial charge is 0.441 e. The average molecular weight is 486 g/mol. The third-order valence-corrected chi connectivity index (χ3v) is 8.13. The molecule has 1 amide bonds. The lowest BCUT2D eigenvalue weighted by Gasteiger charge is -2.37. The minimum absolute atomic E-state index is 0.198. The Morgan fingerprint density at radius 3 is 2.33 bits per heavy atom. The number of hydrogen-bond acceptors (Lipinski definition) is 5. The van der Waals surface area contributed by atoms with Crippen molar-refractivity contribution in [3.05, 3.63) is 65.9 Å². The van der Waals surface area contributed by atoms with Gasteiger partial charge in [-0.05, 0) is 60.9 Å². The molecule has 7 heteroatoms. The Hall–Kier alpha value is -3.41. The number of ether oxygens (including phenoxy) is 1. The number of anilines is 1. The molecule has 0 bridgehead atoms. The van der Waals surface area contributed by atoms with E-state index >= 15 is 0 Å². The first-order valence-electron chi connectivity index (χ1n) is 13.0. The Balaban J connectivity index is 0.000000765. The molecule has 4 fully saturated rings. The van der Waals surface area contributed by atoms with Gasteiger partial charge in [0.15, 0.2) is 0 Å². The van der Waals surface area contributed by atoms with Crippen LogP contribution in [0, 0.1) is 0 Å². The maximum atomic E-state index is 12.6. The summed E-state index contributed by atoms with van der Waals surface area (Å²) in [4.78, 5) is 33.3. The van der Waals surface area contributed by atoms with E-state index in [1.54, 1.807) is 10.5 Å². The maximum Gasteiger partial charge on any atom is 0.415 e. The normalized spacial score (nSPS) is 21.2. The summed E-state index contributed by atoms with van der Waals surface area (Å²) in [5, 5.41) is 1.52. The molecule has 186 valence electrons. The second-order valence-electron chi connectivity index (χ2n) is 10.6. The summed E-state index contributed by atoms with van der Waals surface area (Å²) in [5.41, 5.74) is 5.09. The average Bonchev–Trinajstić information content (AvgIpc) is 3.83. The second-order valence-corrected chi connectivity index (χ2v) is 10.6. The molecule has 2 saturated carbocycles. The molecule has 3 aromatic rings. The van der Waals surface area contributed by atoms with Gasteiger partial charge in [0.05, 0.1) is 6.54 Å². The lowest BCUT2D eigenvalue weighted by atomic mass is 9.91. The first kappa shape index (κ1) is 23.0. The molecule has 2 aliphatic heterocycles. The van der Waals surface area contributed by atoms with Crippen molar-refractivity contribution in [2.45, 2.75) is 62.6 Å². The van der Waals surface area contributed by atoms with Crippen molar-refractivity contribution in [2.75, 3.05) is 24.5 Å². The summed E-state index contributed by atoms with van der Waals surface area (Å²) >= 11 is 0. The molecule has 0 unspecified atom stereocenters. The number of hydrogen-bond donors (Lipinski definition) is 0. The van der Waals surface area contributed by atoms with Crippen molar-refractivity contribution in [1.29, 1.82) is 0 Å². The number of fused-ring (bicyclic) bond motifs is 1. The third-order valence-electron chi connectivity index (χ3n) is 8.13. The van der Waals surface area contributed by atoms with Gasteiger partial charge in [0, 0.05) is 61.3 Å². The van der Waals surface area contributed by atoms with E-state index in [0.717, 1.165) is 44.1 Å². The molecule has 0 atom stereocenters. The topological polar surface area (TPSA) is 71.8 Å². The lowest BCUT2D eigenvalue weighted by Crippen LogP contribution is -2.46. The molecule has 1 aromatic heterocycles. The van der Waals surface area contributed by atoms with Crippen LogP contribution in [0.15, 0.2) is 54.7 Å². The van der Waals surface area contributed by atoms with E-state index in [0.29, 0.717) is 12.6 Å². The van der Waals surface area contributed by atoms with Crippen LogP contribution in [0.25, 0.3) is 10.9 Å². The van der Waals surface area contributed by atoms with Gasteiger partial charge in [-0.15, -0.1) is 0 Å². The highest BCUT2D eigenvalue weighted by Gasteiger charge is 2.47. The van der Waals surface area contributed by atoms with Crippen LogP contribution in [0.1, 0.15) is 61.6 Å². The van der Waals surface area contributed by atoms with Gasteiger partial charge in [-0.2, -0.15) is 9.59 Å². The summed E-state index contributed by atoms with van der Waals surface area (Å²) in [5.74, 6) is 0.758. The number of likely N-dealkylation sites (tertiary alicyclic amines) is 1. The molecule has 4 aliphatic rings. The van der Waals surface area contributed by atoms with Crippen LogP contribution in [0.4, 0.5) is 10.5 Å². The highest BCUT2D eigenvalue weighted by Crippen LogP contribution is 2.47. The van der Waals surface area contributed by atoms with E-state index in [-0.39, 0.29) is 17.8 Å². The number of piperidine rings is 1. The first-order chi connectivity index (χ1) is 17.6. The number of amides is 1. The first-order valence-corrected chi connectivity index (χ1v) is 13.0. The van der Waals surface area contributed by atoms with Gasteiger partial charge in [-0.1, -0.05) is 30.3 Å². The molecule has 0 radical (unpaired) electrons. The van der Waals surface area contributed by atoms with Gasteiger partial charge in [0.2, 0.25) is 0 Å². The molecular formula is C29H31N3O4. The Kier molecular flexibility index (Phi) is 5.90. The van der Waals surface area contributed by atoms with Crippen LogP contribution in [-0.4, -0.2) is 46.9 Å². The summed E-state index contributed by atoms with van der Waals surface area (Å²) < 4.78 is 8.54. The molecule has 3 heterocycles. The van der Waals surface area contributed by atoms with E-state index < -0.39 is 0 Å². The number of carbonyl (C=O) groups is 1. The molecule has 0 N–H and O–H groups in total. The Bertz CT molecular complexity index is 1290. The minimum Gasteiger partial charge on any atom is -0.441 e. The predicted octanol–water partition coefficient (Wildman–Crippen LogP) is 5.26. The van der Waals surface area contributed by atoms with Crippen molar-refractivity contribution >= 4 is 28.8 Å². The fourth-order valence-electron chi connectivity index (χ4n) is 5.98. The second kappa shape index (κ2) is 9.23. The van der Waals surface area contributed by atoms with Gasteiger partial charge in [-0.3, -0.25) is 9.80 Å². The molecule has 2 aromatic carbocycles. The fourth-order valence-corrected chi connectivity index (χ4v) is 5.98. The molecule has 1 spiro atoms. The standard InChI is InChI=1S/C28H31N3O2.CO2/c32-27-31(22-5-2-1-3-6-22)19-28(33-27)13-15-29(16-14-28)17-21-18-30(23-11-12-23)25-8-4-7-24(26(21)25)20-9-10-20;2-1-3/h1-8,18,20,23H,9-17,19H2;. The van der Waals surface area contributed by atoms with Crippen LogP contribution >= 0.6 is 0 Å². The van der Waals surface area contributed by atoms with Gasteiger partial charge in [-0.25, -0.2) is 4.79 Å². The summed E-state index contributed by atoms with van der Waals surface area (Å²) in [7, 11) is 0. The van der Waals surface area contributed by atoms with E-state index in [2.05, 4.69) is 33.9 Å². The van der Waals surface area contributed by atoms with Crippen molar-refractivity contribution in [3.8, 4) is 0 Å². The lowest BCUT2D eigenvalue weighted by molar-refractivity contribution is -0.191. The van der Waals surface area contributed by atoms with E-state index in [4.69, 9.17) is 14.3 Å². The highest BCUT2D eigenvalue weighted by molar-refractivity contribution is 5.90. The SMILES string of the molecule is O=C1OC2(CCN(Cc3cn(C4CC4)c4cccc(C5CC5)c34)CC2)CN1c1ccccc1.O=C=O. The molecule has 2 aliphatic carbocycles.